The fraction of sp³-hybridized carbons (Fsp3) is 1.00. The Hall–Kier alpha value is -0.120. The van der Waals surface area contributed by atoms with Crippen molar-refractivity contribution in [3.63, 3.8) is 0 Å². The van der Waals surface area contributed by atoms with Crippen LogP contribution in [0.25, 0.3) is 0 Å². The summed E-state index contributed by atoms with van der Waals surface area (Å²) in [4.78, 5) is 11.1. The molecular formula is C14H28O3. The highest BCUT2D eigenvalue weighted by Crippen LogP contribution is 2.34. The summed E-state index contributed by atoms with van der Waals surface area (Å²) < 4.78 is 5.96. The van der Waals surface area contributed by atoms with Gasteiger partial charge in [-0.2, -0.15) is 0 Å². The van der Waals surface area contributed by atoms with Crippen LogP contribution in [0.5, 0.6) is 0 Å². The highest BCUT2D eigenvalue weighted by Gasteiger charge is 2.36. The molecule has 102 valence electrons. The van der Waals surface area contributed by atoms with Gasteiger partial charge in [-0.1, -0.05) is 19.8 Å². The molecule has 3 nitrogen and oxygen atoms in total. The maximum atomic E-state index is 5.96. The molecule has 0 amide bonds. The molecule has 1 fully saturated rings. The average Bonchev–Trinajstić information content (AvgIpc) is 2.28. The molecule has 0 radical (unpaired) electrons. The van der Waals surface area contributed by atoms with E-state index in [1.54, 1.807) is 0 Å². The Balaban J connectivity index is 2.46. The Morgan fingerprint density at radius 1 is 1.06 bits per heavy atom. The molecule has 1 aliphatic carbocycles. The second-order valence-electron chi connectivity index (χ2n) is 5.95. The van der Waals surface area contributed by atoms with Crippen molar-refractivity contribution < 1.29 is 14.5 Å². The summed E-state index contributed by atoms with van der Waals surface area (Å²) in [5, 5.41) is 0. The average molecular weight is 244 g/mol. The first-order valence-corrected chi connectivity index (χ1v) is 6.98. The van der Waals surface area contributed by atoms with Crippen molar-refractivity contribution in [3.05, 3.63) is 0 Å². The van der Waals surface area contributed by atoms with Crippen LogP contribution >= 0.6 is 0 Å². The first-order chi connectivity index (χ1) is 7.97. The van der Waals surface area contributed by atoms with Gasteiger partial charge >= 0.3 is 0 Å². The Morgan fingerprint density at radius 2 is 1.71 bits per heavy atom. The van der Waals surface area contributed by atoms with E-state index in [0.29, 0.717) is 0 Å². The maximum Gasteiger partial charge on any atom is 0.201 e. The number of rotatable bonds is 6. The van der Waals surface area contributed by atoms with E-state index in [1.165, 1.54) is 19.3 Å². The Kier molecular flexibility index (Phi) is 5.90. The lowest BCUT2D eigenvalue weighted by Crippen LogP contribution is -2.40. The minimum atomic E-state index is -0.485. The Labute approximate surface area is 106 Å². The van der Waals surface area contributed by atoms with Gasteiger partial charge in [0.05, 0.1) is 12.2 Å². The highest BCUT2D eigenvalue weighted by molar-refractivity contribution is 4.74. The molecular weight excluding hydrogens is 216 g/mol. The van der Waals surface area contributed by atoms with Crippen LogP contribution in [0.1, 0.15) is 72.6 Å². The van der Waals surface area contributed by atoms with Crippen LogP contribution in [0.2, 0.25) is 0 Å². The second-order valence-corrected chi connectivity index (χ2v) is 5.95. The molecule has 17 heavy (non-hydrogen) atoms. The quantitative estimate of drug-likeness (QED) is 0.303. The number of hydrogen-bond donors (Lipinski definition) is 0. The third-order valence-electron chi connectivity index (χ3n) is 2.92. The van der Waals surface area contributed by atoms with Crippen molar-refractivity contribution in [3.8, 4) is 0 Å². The van der Waals surface area contributed by atoms with Crippen LogP contribution in [0, 0.1) is 0 Å². The van der Waals surface area contributed by atoms with Crippen LogP contribution < -0.4 is 0 Å². The zero-order valence-electron chi connectivity index (χ0n) is 11.9. The largest absolute Gasteiger partial charge is 0.347 e. The summed E-state index contributed by atoms with van der Waals surface area (Å²) in [6, 6.07) is 0. The minimum Gasteiger partial charge on any atom is -0.347 e. The third kappa shape index (κ3) is 5.84. The molecule has 0 aromatic rings. The molecule has 1 saturated carbocycles. The fourth-order valence-electron chi connectivity index (χ4n) is 1.95. The predicted octanol–water partition coefficient (Wildman–Crippen LogP) is 4.21. The van der Waals surface area contributed by atoms with E-state index in [0.717, 1.165) is 32.3 Å². The van der Waals surface area contributed by atoms with E-state index in [4.69, 9.17) is 14.5 Å². The van der Waals surface area contributed by atoms with Crippen molar-refractivity contribution in [2.45, 2.75) is 84.0 Å². The lowest BCUT2D eigenvalue weighted by molar-refractivity contribution is -0.465. The van der Waals surface area contributed by atoms with Gasteiger partial charge in [0.25, 0.3) is 0 Å². The van der Waals surface area contributed by atoms with Crippen molar-refractivity contribution >= 4 is 0 Å². The lowest BCUT2D eigenvalue weighted by Gasteiger charge is -2.37. The van der Waals surface area contributed by atoms with Gasteiger partial charge in [0, 0.05) is 12.8 Å². The molecule has 1 rings (SSSR count). The maximum absolute atomic E-state index is 5.96. The van der Waals surface area contributed by atoms with Crippen molar-refractivity contribution in [1.82, 2.24) is 0 Å². The number of hydrogen-bond acceptors (Lipinski definition) is 3. The predicted molar refractivity (Wildman–Crippen MR) is 68.6 cm³/mol. The van der Waals surface area contributed by atoms with Crippen LogP contribution in [0.3, 0.4) is 0 Å². The lowest BCUT2D eigenvalue weighted by atomic mass is 9.94. The van der Waals surface area contributed by atoms with E-state index in [1.807, 2.05) is 20.8 Å². The summed E-state index contributed by atoms with van der Waals surface area (Å²) in [7, 11) is 0. The zero-order valence-corrected chi connectivity index (χ0v) is 11.9. The van der Waals surface area contributed by atoms with Crippen molar-refractivity contribution in [1.29, 1.82) is 0 Å². The van der Waals surface area contributed by atoms with Crippen molar-refractivity contribution in [2.24, 2.45) is 0 Å². The summed E-state index contributed by atoms with van der Waals surface area (Å²) in [6.45, 7) is 8.92. The molecule has 0 heterocycles. The van der Waals surface area contributed by atoms with Gasteiger partial charge in [0.15, 0.2) is 0 Å². The van der Waals surface area contributed by atoms with Crippen LogP contribution in [0.4, 0.5) is 0 Å². The molecule has 0 N–H and O–H groups in total. The van der Waals surface area contributed by atoms with E-state index in [-0.39, 0.29) is 5.60 Å². The minimum absolute atomic E-state index is 0.279. The summed E-state index contributed by atoms with van der Waals surface area (Å²) in [5.41, 5.74) is -0.279. The summed E-state index contributed by atoms with van der Waals surface area (Å²) in [6.07, 6.45) is 7.74. The monoisotopic (exact) mass is 244 g/mol. The Morgan fingerprint density at radius 3 is 2.24 bits per heavy atom. The van der Waals surface area contributed by atoms with Gasteiger partial charge in [-0.25, -0.2) is 9.78 Å². The fourth-order valence-corrected chi connectivity index (χ4v) is 1.95. The molecule has 0 aromatic heterocycles. The first kappa shape index (κ1) is 14.9. The summed E-state index contributed by atoms with van der Waals surface area (Å²) >= 11 is 0. The zero-order chi connectivity index (χ0) is 12.8. The molecule has 0 spiro atoms. The van der Waals surface area contributed by atoms with Gasteiger partial charge in [0.1, 0.15) is 0 Å². The van der Waals surface area contributed by atoms with Crippen LogP contribution in [-0.4, -0.2) is 18.0 Å². The Bertz CT molecular complexity index is 202. The third-order valence-corrected chi connectivity index (χ3v) is 2.92. The van der Waals surface area contributed by atoms with Gasteiger partial charge in [-0.15, -0.1) is 0 Å². The molecule has 0 atom stereocenters. The first-order valence-electron chi connectivity index (χ1n) is 6.98. The van der Waals surface area contributed by atoms with E-state index >= 15 is 0 Å². The van der Waals surface area contributed by atoms with Crippen molar-refractivity contribution in [2.75, 3.05) is 6.61 Å². The molecule has 1 aliphatic rings. The normalized spacial score (nSPS) is 20.5. The van der Waals surface area contributed by atoms with Gasteiger partial charge in [-0.05, 0) is 40.0 Å². The molecule has 3 heteroatoms. The topological polar surface area (TPSA) is 27.7 Å². The molecule has 0 aliphatic heterocycles. The van der Waals surface area contributed by atoms with Crippen LogP contribution in [0.15, 0.2) is 0 Å². The molecule has 0 bridgehead atoms. The second kappa shape index (κ2) is 6.72. The van der Waals surface area contributed by atoms with Gasteiger partial charge in [0.2, 0.25) is 5.79 Å². The smallest absolute Gasteiger partial charge is 0.201 e. The standard InChI is InChI=1S/C14H28O3/c1-5-6-12-15-14(10-8-7-9-11-14)17-16-13(2,3)4/h5-12H2,1-4H3. The van der Waals surface area contributed by atoms with Gasteiger partial charge < -0.3 is 4.74 Å². The van der Waals surface area contributed by atoms with Crippen LogP contribution in [-0.2, 0) is 14.5 Å². The number of unbranched alkanes of at least 4 members (excludes halogenated alkanes) is 1. The highest BCUT2D eigenvalue weighted by atomic mass is 17.2. The van der Waals surface area contributed by atoms with E-state index < -0.39 is 5.79 Å². The number of ether oxygens (including phenoxy) is 1. The van der Waals surface area contributed by atoms with Gasteiger partial charge in [-0.3, -0.25) is 0 Å². The summed E-state index contributed by atoms with van der Waals surface area (Å²) in [5.74, 6) is -0.485. The van der Waals surface area contributed by atoms with E-state index in [2.05, 4.69) is 6.92 Å². The molecule has 0 saturated heterocycles. The van der Waals surface area contributed by atoms with E-state index in [9.17, 15) is 0 Å². The SMILES string of the molecule is CCCCOC1(OOC(C)(C)C)CCCCC1. The molecule has 0 unspecified atom stereocenters. The molecule has 0 aromatic carbocycles.